The van der Waals surface area contributed by atoms with E-state index in [0.29, 0.717) is 30.1 Å². The summed E-state index contributed by atoms with van der Waals surface area (Å²) in [5.41, 5.74) is 1.43. The van der Waals surface area contributed by atoms with Gasteiger partial charge in [0.15, 0.2) is 0 Å². The lowest BCUT2D eigenvalue weighted by Gasteiger charge is -2.39. The quantitative estimate of drug-likeness (QED) is 0.604. The molecule has 0 amide bonds. The van der Waals surface area contributed by atoms with Gasteiger partial charge in [-0.2, -0.15) is 10.2 Å². The molecule has 0 saturated carbocycles. The lowest BCUT2D eigenvalue weighted by Crippen LogP contribution is -2.47. The average Bonchev–Trinajstić information content (AvgIpc) is 3.39. The zero-order valence-electron chi connectivity index (χ0n) is 18.5. The zero-order chi connectivity index (χ0) is 22.4. The van der Waals surface area contributed by atoms with Crippen LogP contribution in [0.2, 0.25) is 0 Å². The average molecular weight is 451 g/mol. The highest BCUT2D eigenvalue weighted by atomic mass is 32.1. The van der Waals surface area contributed by atoms with Crippen molar-refractivity contribution < 1.29 is 4.74 Å². The Morgan fingerprint density at radius 3 is 2.91 bits per heavy atom. The Labute approximate surface area is 190 Å². The van der Waals surface area contributed by atoms with Crippen LogP contribution in [0.5, 0.6) is 5.88 Å². The number of nitrogens with zero attached hydrogens (tertiary/aromatic N) is 6. The molecule has 9 heteroatoms. The van der Waals surface area contributed by atoms with E-state index in [1.54, 1.807) is 11.6 Å². The minimum Gasteiger partial charge on any atom is -0.478 e. The number of anilines is 2. The highest BCUT2D eigenvalue weighted by Gasteiger charge is 2.40. The summed E-state index contributed by atoms with van der Waals surface area (Å²) in [6.45, 7) is 7.02. The number of pyridine rings is 2. The fourth-order valence-corrected chi connectivity index (χ4v) is 6.03. The number of fused-ring (bicyclic) bond motifs is 2. The van der Waals surface area contributed by atoms with Crippen molar-refractivity contribution in [2.24, 2.45) is 13.0 Å². The number of ether oxygens (including phenoxy) is 1. The minimum absolute atomic E-state index is 0.199. The van der Waals surface area contributed by atoms with Crippen molar-refractivity contribution in [1.82, 2.24) is 14.5 Å². The van der Waals surface area contributed by atoms with E-state index in [0.717, 1.165) is 53.6 Å². The summed E-state index contributed by atoms with van der Waals surface area (Å²) in [6.07, 6.45) is 1.99. The third-order valence-corrected chi connectivity index (χ3v) is 7.61. The molecule has 32 heavy (non-hydrogen) atoms. The number of thiazole rings is 1. The second-order valence-electron chi connectivity index (χ2n) is 8.40. The monoisotopic (exact) mass is 450 g/mol. The van der Waals surface area contributed by atoms with Crippen LogP contribution in [-0.2, 0) is 7.05 Å². The van der Waals surface area contributed by atoms with Crippen LogP contribution in [0.3, 0.4) is 0 Å². The molecule has 3 aromatic rings. The van der Waals surface area contributed by atoms with Gasteiger partial charge in [0.05, 0.1) is 17.3 Å². The van der Waals surface area contributed by atoms with Crippen LogP contribution in [0, 0.1) is 24.2 Å². The largest absolute Gasteiger partial charge is 0.478 e. The van der Waals surface area contributed by atoms with Gasteiger partial charge >= 0.3 is 0 Å². The van der Waals surface area contributed by atoms with Crippen LogP contribution in [0.25, 0.3) is 10.3 Å². The summed E-state index contributed by atoms with van der Waals surface area (Å²) in [7, 11) is 1.72. The summed E-state index contributed by atoms with van der Waals surface area (Å²) in [4.78, 5) is 27.7. The summed E-state index contributed by atoms with van der Waals surface area (Å²) in [5.74, 6) is 2.05. The Balaban J connectivity index is 1.46. The first-order valence-electron chi connectivity index (χ1n) is 11.0. The first-order valence-corrected chi connectivity index (χ1v) is 11.8. The van der Waals surface area contributed by atoms with Gasteiger partial charge in [0.25, 0.3) is 5.56 Å². The molecule has 5 rings (SSSR count). The first kappa shape index (κ1) is 20.8. The predicted octanol–water partition coefficient (Wildman–Crippen LogP) is 3.07. The molecule has 0 bridgehead atoms. The highest BCUT2D eigenvalue weighted by Crippen LogP contribution is 2.39. The molecule has 5 heterocycles. The molecular weight excluding hydrogens is 424 g/mol. The molecule has 0 N–H and O–H groups in total. The molecule has 2 fully saturated rings. The van der Waals surface area contributed by atoms with Crippen molar-refractivity contribution in [2.45, 2.75) is 32.7 Å². The summed E-state index contributed by atoms with van der Waals surface area (Å²) in [6, 6.07) is 8.50. The van der Waals surface area contributed by atoms with Crippen LogP contribution in [-0.4, -0.2) is 46.8 Å². The molecule has 166 valence electrons. The molecule has 2 saturated heterocycles. The van der Waals surface area contributed by atoms with Crippen molar-refractivity contribution in [3.63, 3.8) is 0 Å². The number of aromatic nitrogens is 3. The van der Waals surface area contributed by atoms with E-state index in [1.807, 2.05) is 32.0 Å². The Bertz CT molecular complexity index is 1280. The number of aryl methyl sites for hydroxylation is 2. The van der Waals surface area contributed by atoms with Crippen molar-refractivity contribution >= 4 is 33.2 Å². The predicted molar refractivity (Wildman–Crippen MR) is 126 cm³/mol. The smallest absolute Gasteiger partial charge is 0.271 e. The van der Waals surface area contributed by atoms with Gasteiger partial charge in [-0.05, 0) is 38.7 Å². The van der Waals surface area contributed by atoms with E-state index in [-0.39, 0.29) is 11.1 Å². The molecule has 3 aromatic heterocycles. The van der Waals surface area contributed by atoms with Crippen molar-refractivity contribution in [1.29, 1.82) is 5.26 Å². The van der Waals surface area contributed by atoms with Crippen LogP contribution >= 0.6 is 11.3 Å². The third kappa shape index (κ3) is 3.30. The molecule has 0 unspecified atom stereocenters. The zero-order valence-corrected chi connectivity index (χ0v) is 19.4. The maximum absolute atomic E-state index is 12.9. The molecule has 0 spiro atoms. The summed E-state index contributed by atoms with van der Waals surface area (Å²) in [5, 5.41) is 10.7. The maximum Gasteiger partial charge on any atom is 0.271 e. The Morgan fingerprint density at radius 1 is 1.28 bits per heavy atom. The summed E-state index contributed by atoms with van der Waals surface area (Å²) < 4.78 is 7.15. The standard InChI is InChI=1S/C23H26N6O2S/c1-4-31-19-7-5-6-18(26-19)29-11-8-15-13-28(10-9-17(15)29)21-16(12-24)22(30)27(3)23-20(21)25-14(2)32-23/h5-7,15,17H,4,8-11,13H2,1-3H3/t15-,17+/m1/s1. The second-order valence-corrected chi connectivity index (χ2v) is 9.58. The second kappa shape index (κ2) is 8.10. The first-order chi connectivity index (χ1) is 15.5. The molecule has 2 aliphatic heterocycles. The van der Waals surface area contributed by atoms with E-state index < -0.39 is 0 Å². The summed E-state index contributed by atoms with van der Waals surface area (Å²) >= 11 is 1.50. The van der Waals surface area contributed by atoms with Gasteiger partial charge in [0.2, 0.25) is 5.88 Å². The number of hydrogen-bond acceptors (Lipinski definition) is 8. The maximum atomic E-state index is 12.9. The van der Waals surface area contributed by atoms with Crippen molar-refractivity contribution in [3.05, 3.63) is 39.1 Å². The van der Waals surface area contributed by atoms with E-state index in [9.17, 15) is 10.1 Å². The number of rotatable bonds is 4. The number of piperidine rings is 1. The Kier molecular flexibility index (Phi) is 5.25. The van der Waals surface area contributed by atoms with Crippen LogP contribution in [0.4, 0.5) is 11.5 Å². The molecule has 2 aliphatic rings. The van der Waals surface area contributed by atoms with Gasteiger partial charge in [-0.1, -0.05) is 6.07 Å². The molecule has 8 nitrogen and oxygen atoms in total. The van der Waals surface area contributed by atoms with E-state index in [2.05, 4.69) is 15.9 Å². The lowest BCUT2D eigenvalue weighted by molar-refractivity contribution is 0.326. The van der Waals surface area contributed by atoms with Gasteiger partial charge in [0.1, 0.15) is 27.8 Å². The lowest BCUT2D eigenvalue weighted by atomic mass is 9.92. The van der Waals surface area contributed by atoms with Gasteiger partial charge in [-0.25, -0.2) is 4.98 Å². The fourth-order valence-electron chi connectivity index (χ4n) is 5.15. The van der Waals surface area contributed by atoms with E-state index in [1.165, 1.54) is 11.3 Å². The van der Waals surface area contributed by atoms with E-state index in [4.69, 9.17) is 14.7 Å². The third-order valence-electron chi connectivity index (χ3n) is 6.56. The molecule has 0 aromatic carbocycles. The van der Waals surface area contributed by atoms with Crippen LogP contribution < -0.4 is 20.1 Å². The number of nitriles is 1. The molecule has 2 atom stereocenters. The van der Waals surface area contributed by atoms with Gasteiger partial charge in [-0.15, -0.1) is 11.3 Å². The fraction of sp³-hybridized carbons (Fsp3) is 0.478. The molecule has 0 aliphatic carbocycles. The van der Waals surface area contributed by atoms with Gasteiger partial charge in [-0.3, -0.25) is 4.79 Å². The normalized spacial score (nSPS) is 20.4. The van der Waals surface area contributed by atoms with Crippen LogP contribution in [0.15, 0.2) is 23.0 Å². The minimum atomic E-state index is -0.245. The van der Waals surface area contributed by atoms with Gasteiger partial charge < -0.3 is 19.1 Å². The Morgan fingerprint density at radius 2 is 2.12 bits per heavy atom. The van der Waals surface area contributed by atoms with Gasteiger partial charge in [0, 0.05) is 38.8 Å². The number of hydrogen-bond donors (Lipinski definition) is 0. The SMILES string of the molecule is CCOc1cccc(N2CC[C@@H]3CN(c4c(C#N)c(=O)n(C)c5sc(C)nc45)CC[C@@H]32)n1. The Hall–Kier alpha value is -3.12. The molecule has 0 radical (unpaired) electrons. The van der Waals surface area contributed by atoms with Crippen molar-refractivity contribution in [2.75, 3.05) is 36.0 Å². The van der Waals surface area contributed by atoms with Crippen LogP contribution in [0.1, 0.15) is 30.3 Å². The highest BCUT2D eigenvalue weighted by molar-refractivity contribution is 7.18. The van der Waals surface area contributed by atoms with E-state index >= 15 is 0 Å². The topological polar surface area (TPSA) is 87.3 Å². The van der Waals surface area contributed by atoms with Crippen molar-refractivity contribution in [3.8, 4) is 11.9 Å². The molecular formula is C23H26N6O2S.